The zero-order valence-corrected chi connectivity index (χ0v) is 18.1. The molecule has 7 heteroatoms. The maximum atomic E-state index is 12.1. The van der Waals surface area contributed by atoms with Crippen molar-refractivity contribution in [2.45, 2.75) is 64.3 Å². The molecule has 1 aromatic rings. The maximum Gasteiger partial charge on any atom is 0.339 e. The van der Waals surface area contributed by atoms with Crippen molar-refractivity contribution in [2.24, 2.45) is 5.73 Å². The highest BCUT2D eigenvalue weighted by Gasteiger charge is 2.16. The summed E-state index contributed by atoms with van der Waals surface area (Å²) in [5.74, 6) is -1.11. The lowest BCUT2D eigenvalue weighted by Gasteiger charge is -2.13. The Morgan fingerprint density at radius 2 is 1.70 bits per heavy atom. The second-order valence-corrected chi connectivity index (χ2v) is 7.26. The molecular formula is C23H34N2O5. The Balaban J connectivity index is 2.37. The van der Waals surface area contributed by atoms with Crippen molar-refractivity contribution in [3.8, 4) is 5.75 Å². The van der Waals surface area contributed by atoms with E-state index in [1.165, 1.54) is 32.8 Å². The molecule has 30 heavy (non-hydrogen) atoms. The number of carbonyl (C=O) groups excluding carboxylic acids is 3. The molecule has 166 valence electrons. The first kappa shape index (κ1) is 25.4. The largest absolute Gasteiger partial charge is 0.469 e. The number of benzene rings is 1. The number of unbranched alkanes of at least 4 members (excludes halogenated alkanes) is 5. The normalized spacial score (nSPS) is 11.4. The minimum Gasteiger partial charge on any atom is -0.469 e. The van der Waals surface area contributed by atoms with E-state index in [0.717, 1.165) is 18.4 Å². The molecule has 0 heterocycles. The van der Waals surface area contributed by atoms with Crippen molar-refractivity contribution < 1.29 is 23.9 Å². The number of carbonyl (C=O) groups is 3. The molecule has 0 bridgehead atoms. The summed E-state index contributed by atoms with van der Waals surface area (Å²) in [6.07, 6.45) is 7.15. The van der Waals surface area contributed by atoms with Crippen LogP contribution in [0.4, 0.5) is 0 Å². The predicted octanol–water partition coefficient (Wildman–Crippen LogP) is 3.06. The van der Waals surface area contributed by atoms with Crippen molar-refractivity contribution >= 4 is 17.8 Å². The summed E-state index contributed by atoms with van der Waals surface area (Å²) < 4.78 is 9.66. The van der Waals surface area contributed by atoms with Gasteiger partial charge < -0.3 is 20.5 Å². The third-order valence-electron chi connectivity index (χ3n) is 4.63. The fourth-order valence-electron chi connectivity index (χ4n) is 2.79. The van der Waals surface area contributed by atoms with Crippen molar-refractivity contribution in [3.63, 3.8) is 0 Å². The minimum absolute atomic E-state index is 0.00924. The summed E-state index contributed by atoms with van der Waals surface area (Å²) in [4.78, 5) is 35.2. The van der Waals surface area contributed by atoms with Gasteiger partial charge in [-0.25, -0.2) is 4.79 Å². The number of ether oxygens (including phenoxy) is 2. The third kappa shape index (κ3) is 10.2. The molecule has 1 atom stereocenters. The number of methoxy groups -OCH3 is 1. The van der Waals surface area contributed by atoms with Crippen LogP contribution in [0.25, 0.3) is 0 Å². The molecule has 0 aliphatic carbocycles. The molecule has 0 fully saturated rings. The zero-order chi connectivity index (χ0) is 22.4. The molecule has 0 aliphatic heterocycles. The summed E-state index contributed by atoms with van der Waals surface area (Å²) >= 11 is 0. The fraction of sp³-hybridized carbons (Fsp3) is 0.522. The zero-order valence-electron chi connectivity index (χ0n) is 18.1. The third-order valence-corrected chi connectivity index (χ3v) is 4.63. The number of hydrogen-bond acceptors (Lipinski definition) is 6. The van der Waals surface area contributed by atoms with Crippen LogP contribution in [0.1, 0.15) is 57.4 Å². The van der Waals surface area contributed by atoms with Gasteiger partial charge in [-0.2, -0.15) is 0 Å². The first-order valence-corrected chi connectivity index (χ1v) is 10.5. The summed E-state index contributed by atoms with van der Waals surface area (Å²) in [5.41, 5.74) is 6.86. The molecule has 0 aliphatic rings. The number of esters is 2. The molecule has 3 N–H and O–H groups in total. The number of nitrogens with one attached hydrogen (secondary N) is 1. The topological polar surface area (TPSA) is 108 Å². The lowest BCUT2D eigenvalue weighted by atomic mass is 10.1. The molecule has 7 nitrogen and oxygen atoms in total. The van der Waals surface area contributed by atoms with E-state index in [0.29, 0.717) is 18.7 Å². The molecule has 1 rings (SSSR count). The average Bonchev–Trinajstić information content (AvgIpc) is 2.73. The van der Waals surface area contributed by atoms with Crippen molar-refractivity contribution in [1.29, 1.82) is 0 Å². The fourth-order valence-corrected chi connectivity index (χ4v) is 2.79. The van der Waals surface area contributed by atoms with E-state index in [4.69, 9.17) is 10.5 Å². The Morgan fingerprint density at radius 3 is 2.33 bits per heavy atom. The van der Waals surface area contributed by atoms with Crippen LogP contribution in [0.3, 0.4) is 0 Å². The van der Waals surface area contributed by atoms with E-state index < -0.39 is 18.0 Å². The standard InChI is InChI=1S/C23H34N2O5/c1-4-5-6-7-8-9-14-25-22(27)20(24)16-18-10-12-19(13-11-18)30-23(28)17(2)15-21(26)29-3/h10-13,20H,2,4-9,14-16,24H2,1,3H3,(H,25,27)/t20-/m0/s1. The van der Waals surface area contributed by atoms with E-state index in [2.05, 4.69) is 23.6 Å². The molecule has 0 saturated heterocycles. The van der Waals surface area contributed by atoms with Gasteiger partial charge in [-0.15, -0.1) is 0 Å². The van der Waals surface area contributed by atoms with Gasteiger partial charge in [0.1, 0.15) is 5.75 Å². The van der Waals surface area contributed by atoms with Crippen LogP contribution in [0.15, 0.2) is 36.4 Å². The Bertz CT molecular complexity index is 700. The van der Waals surface area contributed by atoms with Crippen LogP contribution in [-0.4, -0.2) is 37.5 Å². The van der Waals surface area contributed by atoms with Gasteiger partial charge in [-0.3, -0.25) is 9.59 Å². The molecule has 0 radical (unpaired) electrons. The number of amides is 1. The molecule has 1 amide bonds. The van der Waals surface area contributed by atoms with Gasteiger partial charge in [-0.05, 0) is 30.5 Å². The second kappa shape index (κ2) is 14.3. The second-order valence-electron chi connectivity index (χ2n) is 7.26. The minimum atomic E-state index is -0.695. The van der Waals surface area contributed by atoms with E-state index in [-0.39, 0.29) is 17.9 Å². The van der Waals surface area contributed by atoms with Crippen LogP contribution in [0.5, 0.6) is 5.75 Å². The molecule has 0 unspecified atom stereocenters. The molecular weight excluding hydrogens is 384 g/mol. The summed E-state index contributed by atoms with van der Waals surface area (Å²) in [7, 11) is 1.24. The lowest BCUT2D eigenvalue weighted by Crippen LogP contribution is -2.42. The Hall–Kier alpha value is -2.67. The first-order chi connectivity index (χ1) is 14.4. The van der Waals surface area contributed by atoms with E-state index in [9.17, 15) is 14.4 Å². The van der Waals surface area contributed by atoms with Gasteiger partial charge in [0.25, 0.3) is 0 Å². The number of rotatable bonds is 14. The van der Waals surface area contributed by atoms with Crippen LogP contribution in [0.2, 0.25) is 0 Å². The highest BCUT2D eigenvalue weighted by molar-refractivity contribution is 5.94. The van der Waals surface area contributed by atoms with Gasteiger partial charge in [-0.1, -0.05) is 57.7 Å². The van der Waals surface area contributed by atoms with Crippen LogP contribution >= 0.6 is 0 Å². The number of nitrogens with two attached hydrogens (primary N) is 1. The molecule has 0 spiro atoms. The smallest absolute Gasteiger partial charge is 0.339 e. The summed E-state index contributed by atoms with van der Waals surface area (Å²) in [6, 6.07) is 6.07. The van der Waals surface area contributed by atoms with E-state index in [1.54, 1.807) is 24.3 Å². The quantitative estimate of drug-likeness (QED) is 0.208. The Morgan fingerprint density at radius 1 is 1.07 bits per heavy atom. The van der Waals surface area contributed by atoms with Crippen LogP contribution in [0, 0.1) is 0 Å². The summed E-state index contributed by atoms with van der Waals surface area (Å²) in [5, 5.41) is 2.88. The van der Waals surface area contributed by atoms with Gasteiger partial charge in [0, 0.05) is 12.1 Å². The van der Waals surface area contributed by atoms with Gasteiger partial charge in [0.2, 0.25) is 5.91 Å². The monoisotopic (exact) mass is 418 g/mol. The van der Waals surface area contributed by atoms with Crippen molar-refractivity contribution in [1.82, 2.24) is 5.32 Å². The average molecular weight is 419 g/mol. The lowest BCUT2D eigenvalue weighted by molar-refractivity contribution is -0.141. The van der Waals surface area contributed by atoms with Gasteiger partial charge in [0.05, 0.1) is 19.6 Å². The maximum absolute atomic E-state index is 12.1. The molecule has 0 saturated carbocycles. The Kier molecular flexibility index (Phi) is 12.1. The number of hydrogen-bond donors (Lipinski definition) is 2. The van der Waals surface area contributed by atoms with Gasteiger partial charge in [0.15, 0.2) is 0 Å². The molecule has 1 aromatic carbocycles. The first-order valence-electron chi connectivity index (χ1n) is 10.5. The predicted molar refractivity (Wildman–Crippen MR) is 116 cm³/mol. The van der Waals surface area contributed by atoms with Crippen LogP contribution in [-0.2, 0) is 25.5 Å². The van der Waals surface area contributed by atoms with Crippen molar-refractivity contribution in [3.05, 3.63) is 42.0 Å². The highest BCUT2D eigenvalue weighted by Crippen LogP contribution is 2.15. The van der Waals surface area contributed by atoms with E-state index >= 15 is 0 Å². The Labute approximate surface area is 179 Å². The SMILES string of the molecule is C=C(CC(=O)OC)C(=O)Oc1ccc(C[C@H](N)C(=O)NCCCCCCCC)cc1. The van der Waals surface area contributed by atoms with Crippen molar-refractivity contribution in [2.75, 3.05) is 13.7 Å². The summed E-state index contributed by atoms with van der Waals surface area (Å²) in [6.45, 7) is 6.36. The highest BCUT2D eigenvalue weighted by atomic mass is 16.5. The molecule has 0 aromatic heterocycles. The van der Waals surface area contributed by atoms with Gasteiger partial charge >= 0.3 is 11.9 Å². The van der Waals surface area contributed by atoms with Crippen LogP contribution < -0.4 is 15.8 Å². The van der Waals surface area contributed by atoms with E-state index in [1.807, 2.05) is 0 Å².